The maximum atomic E-state index is 15.4. The molecule has 0 N–H and O–H groups in total. The number of methoxy groups -OCH3 is 1. The van der Waals surface area contributed by atoms with Crippen LogP contribution in [0.1, 0.15) is 48.7 Å². The van der Waals surface area contributed by atoms with Crippen molar-refractivity contribution in [1.82, 2.24) is 4.98 Å². The monoisotopic (exact) mass is 464 g/mol. The average Bonchev–Trinajstić information content (AvgIpc) is 2.74. The second-order valence-corrected chi connectivity index (χ2v) is 9.55. The standard InChI is InChI=1S/C28H33FN2O3/c1-17-11-9-10-12-21(17)22-14-25(23(29)13-18(22)2)31(27(32)34-28(5,6)7)16-24-20(4)26(33-8)19(3)15-30-24/h9-15H,16H2,1-8H3. The van der Waals surface area contributed by atoms with E-state index in [4.69, 9.17) is 9.47 Å². The van der Waals surface area contributed by atoms with Crippen molar-refractivity contribution < 1.29 is 18.7 Å². The van der Waals surface area contributed by atoms with E-state index in [0.29, 0.717) is 11.4 Å². The Morgan fingerprint density at radius 2 is 1.68 bits per heavy atom. The fourth-order valence-corrected chi connectivity index (χ4v) is 3.98. The van der Waals surface area contributed by atoms with Gasteiger partial charge in [-0.2, -0.15) is 0 Å². The number of hydrogen-bond donors (Lipinski definition) is 0. The SMILES string of the molecule is COc1c(C)cnc(CN(C(=O)OC(C)(C)C)c2cc(-c3ccccc3C)c(C)cc2F)c1C. The molecule has 0 aliphatic rings. The number of rotatable bonds is 5. The number of ether oxygens (including phenoxy) is 2. The molecule has 0 atom stereocenters. The lowest BCUT2D eigenvalue weighted by molar-refractivity contribution is 0.0575. The van der Waals surface area contributed by atoms with E-state index in [9.17, 15) is 4.79 Å². The van der Waals surface area contributed by atoms with Crippen LogP contribution < -0.4 is 9.64 Å². The fraction of sp³-hybridized carbons (Fsp3) is 0.357. The van der Waals surface area contributed by atoms with E-state index in [0.717, 1.165) is 33.4 Å². The third-order valence-corrected chi connectivity index (χ3v) is 5.69. The third-order valence-electron chi connectivity index (χ3n) is 5.69. The largest absolute Gasteiger partial charge is 0.496 e. The van der Waals surface area contributed by atoms with E-state index in [1.54, 1.807) is 40.1 Å². The number of aromatic nitrogens is 1. The Bertz CT molecular complexity index is 1220. The molecule has 0 fully saturated rings. The third kappa shape index (κ3) is 5.38. The molecule has 0 aliphatic carbocycles. The predicted octanol–water partition coefficient (Wildman–Crippen LogP) is 7.07. The van der Waals surface area contributed by atoms with Gasteiger partial charge in [-0.25, -0.2) is 9.18 Å². The van der Waals surface area contributed by atoms with Crippen molar-refractivity contribution in [3.05, 3.63) is 76.4 Å². The van der Waals surface area contributed by atoms with Gasteiger partial charge in [-0.05, 0) is 82.9 Å². The molecule has 0 saturated carbocycles. The number of amides is 1. The van der Waals surface area contributed by atoms with Gasteiger partial charge in [0.05, 0.1) is 25.0 Å². The molecule has 0 saturated heterocycles. The quantitative estimate of drug-likeness (QED) is 0.405. The highest BCUT2D eigenvalue weighted by Gasteiger charge is 2.28. The van der Waals surface area contributed by atoms with E-state index < -0.39 is 17.5 Å². The summed E-state index contributed by atoms with van der Waals surface area (Å²) in [5.74, 6) is 0.191. The van der Waals surface area contributed by atoms with E-state index in [-0.39, 0.29) is 12.2 Å². The average molecular weight is 465 g/mol. The first kappa shape index (κ1) is 25.2. The van der Waals surface area contributed by atoms with Crippen molar-refractivity contribution in [2.24, 2.45) is 0 Å². The van der Waals surface area contributed by atoms with Gasteiger partial charge < -0.3 is 9.47 Å². The Hall–Kier alpha value is -3.41. The molecular formula is C28H33FN2O3. The number of anilines is 1. The Kier molecular flexibility index (Phi) is 7.29. The van der Waals surface area contributed by atoms with Crippen molar-refractivity contribution in [3.8, 4) is 16.9 Å². The fourth-order valence-electron chi connectivity index (χ4n) is 3.98. The molecule has 34 heavy (non-hydrogen) atoms. The van der Waals surface area contributed by atoms with Crippen LogP contribution in [-0.2, 0) is 11.3 Å². The lowest BCUT2D eigenvalue weighted by Gasteiger charge is -2.29. The number of carbonyl (C=O) groups excluding carboxylic acids is 1. The minimum Gasteiger partial charge on any atom is -0.496 e. The smallest absolute Gasteiger partial charge is 0.415 e. The molecule has 0 aliphatic heterocycles. The van der Waals surface area contributed by atoms with Gasteiger partial charge in [0.25, 0.3) is 0 Å². The van der Waals surface area contributed by atoms with Crippen LogP contribution in [0, 0.1) is 33.5 Å². The summed E-state index contributed by atoms with van der Waals surface area (Å²) < 4.78 is 26.6. The van der Waals surface area contributed by atoms with Crippen LogP contribution in [0.25, 0.3) is 11.1 Å². The van der Waals surface area contributed by atoms with Gasteiger partial charge in [0, 0.05) is 17.3 Å². The first-order valence-corrected chi connectivity index (χ1v) is 11.3. The Balaban J connectivity index is 2.17. The molecule has 1 amide bonds. The molecule has 2 aromatic carbocycles. The van der Waals surface area contributed by atoms with Gasteiger partial charge in [-0.15, -0.1) is 0 Å². The molecule has 0 radical (unpaired) electrons. The van der Waals surface area contributed by atoms with Crippen molar-refractivity contribution >= 4 is 11.8 Å². The number of aryl methyl sites for hydroxylation is 3. The number of nitrogens with zero attached hydrogens (tertiary/aromatic N) is 2. The van der Waals surface area contributed by atoms with Gasteiger partial charge in [0.1, 0.15) is 17.2 Å². The first-order valence-electron chi connectivity index (χ1n) is 11.3. The number of halogens is 1. The van der Waals surface area contributed by atoms with Crippen LogP contribution in [0.5, 0.6) is 5.75 Å². The highest BCUT2D eigenvalue weighted by Crippen LogP contribution is 2.34. The summed E-state index contributed by atoms with van der Waals surface area (Å²) in [5, 5.41) is 0. The van der Waals surface area contributed by atoms with Gasteiger partial charge in [-0.1, -0.05) is 24.3 Å². The van der Waals surface area contributed by atoms with Gasteiger partial charge >= 0.3 is 6.09 Å². The summed E-state index contributed by atoms with van der Waals surface area (Å²) >= 11 is 0. The zero-order valence-electron chi connectivity index (χ0n) is 21.2. The van der Waals surface area contributed by atoms with E-state index in [2.05, 4.69) is 4.98 Å². The number of carbonyl (C=O) groups is 1. The second-order valence-electron chi connectivity index (χ2n) is 9.55. The van der Waals surface area contributed by atoms with Crippen LogP contribution in [0.2, 0.25) is 0 Å². The number of hydrogen-bond acceptors (Lipinski definition) is 4. The minimum atomic E-state index is -0.747. The molecule has 1 heterocycles. The molecule has 1 aromatic heterocycles. The maximum Gasteiger partial charge on any atom is 0.415 e. The molecule has 3 aromatic rings. The summed E-state index contributed by atoms with van der Waals surface area (Å²) in [4.78, 5) is 19.2. The van der Waals surface area contributed by atoms with E-state index in [1.165, 1.54) is 11.0 Å². The van der Waals surface area contributed by atoms with Gasteiger partial charge in [0.15, 0.2) is 0 Å². The molecule has 180 valence electrons. The molecule has 3 rings (SSSR count). The van der Waals surface area contributed by atoms with Crippen LogP contribution in [0.3, 0.4) is 0 Å². The zero-order valence-corrected chi connectivity index (χ0v) is 21.2. The van der Waals surface area contributed by atoms with Crippen molar-refractivity contribution in [2.45, 2.75) is 60.6 Å². The number of pyridine rings is 1. The topological polar surface area (TPSA) is 51.7 Å². The van der Waals surface area contributed by atoms with E-state index >= 15 is 4.39 Å². The van der Waals surface area contributed by atoms with Crippen molar-refractivity contribution in [1.29, 1.82) is 0 Å². The zero-order chi connectivity index (χ0) is 25.2. The summed E-state index contributed by atoms with van der Waals surface area (Å²) in [6.07, 6.45) is 1.05. The highest BCUT2D eigenvalue weighted by molar-refractivity contribution is 5.90. The molecule has 0 spiro atoms. The summed E-state index contributed by atoms with van der Waals surface area (Å²) in [7, 11) is 1.60. The molecule has 6 heteroatoms. The van der Waals surface area contributed by atoms with Gasteiger partial charge in [0.2, 0.25) is 0 Å². The summed E-state index contributed by atoms with van der Waals surface area (Å²) in [6, 6.07) is 11.1. The summed E-state index contributed by atoms with van der Waals surface area (Å²) in [5.41, 5.74) is 5.36. The van der Waals surface area contributed by atoms with Crippen LogP contribution in [0.15, 0.2) is 42.6 Å². The summed E-state index contributed by atoms with van der Waals surface area (Å²) in [6.45, 7) is 13.0. The molecule has 0 unspecified atom stereocenters. The van der Waals surface area contributed by atoms with Crippen LogP contribution in [0.4, 0.5) is 14.9 Å². The maximum absolute atomic E-state index is 15.4. The first-order chi connectivity index (χ1) is 15.9. The lowest BCUT2D eigenvalue weighted by atomic mass is 9.95. The molecule has 0 bridgehead atoms. The Labute approximate surface area is 201 Å². The Morgan fingerprint density at radius 3 is 2.29 bits per heavy atom. The lowest BCUT2D eigenvalue weighted by Crippen LogP contribution is -2.37. The van der Waals surface area contributed by atoms with E-state index in [1.807, 2.05) is 52.0 Å². The number of benzene rings is 2. The van der Waals surface area contributed by atoms with Crippen molar-refractivity contribution in [3.63, 3.8) is 0 Å². The molecule has 5 nitrogen and oxygen atoms in total. The van der Waals surface area contributed by atoms with Crippen molar-refractivity contribution in [2.75, 3.05) is 12.0 Å². The normalized spacial score (nSPS) is 11.3. The predicted molar refractivity (Wildman–Crippen MR) is 134 cm³/mol. The van der Waals surface area contributed by atoms with Crippen LogP contribution in [-0.4, -0.2) is 23.8 Å². The van der Waals surface area contributed by atoms with Gasteiger partial charge in [-0.3, -0.25) is 9.88 Å². The molecular weight excluding hydrogens is 431 g/mol. The van der Waals surface area contributed by atoms with Crippen LogP contribution >= 0.6 is 0 Å². The Morgan fingerprint density at radius 1 is 1.00 bits per heavy atom. The second kappa shape index (κ2) is 9.84. The minimum absolute atomic E-state index is 0.0323. The highest BCUT2D eigenvalue weighted by atomic mass is 19.1.